The number of hydrogen-bond acceptors (Lipinski definition) is 4. The zero-order valence-corrected chi connectivity index (χ0v) is 29.6. The second-order valence-corrected chi connectivity index (χ2v) is 13.4. The van der Waals surface area contributed by atoms with Crippen molar-refractivity contribution in [2.75, 3.05) is 13.1 Å². The summed E-state index contributed by atoms with van der Waals surface area (Å²) < 4.78 is 0. The van der Waals surface area contributed by atoms with Gasteiger partial charge in [0.1, 0.15) is 0 Å². The minimum atomic E-state index is -0.331. The Bertz CT molecular complexity index is 564. The van der Waals surface area contributed by atoms with Crippen LogP contribution in [0.4, 0.5) is 0 Å². The first-order valence-corrected chi connectivity index (χ1v) is 19.5. The molecule has 262 valence electrons. The predicted octanol–water partition coefficient (Wildman–Crippen LogP) is 11.9. The summed E-state index contributed by atoms with van der Waals surface area (Å²) in [6.45, 7) is 4.42. The average molecular weight is 625 g/mol. The molecule has 0 aromatic carbocycles. The summed E-state index contributed by atoms with van der Waals surface area (Å²) in [7, 11) is 0. The normalized spacial score (nSPS) is 11.3. The largest absolute Gasteiger partial charge is 0.286 e. The Morgan fingerprint density at radius 3 is 0.727 bits per heavy atom. The van der Waals surface area contributed by atoms with Gasteiger partial charge in [-0.25, -0.2) is 10.1 Å². The highest BCUT2D eigenvalue weighted by Crippen LogP contribution is 2.15. The number of nitrogens with zero attached hydrogens (tertiary/aromatic N) is 2. The molecular weight excluding hydrogens is 548 g/mol. The van der Waals surface area contributed by atoms with Gasteiger partial charge in [0.2, 0.25) is 11.8 Å². The highest BCUT2D eigenvalue weighted by Gasteiger charge is 2.15. The van der Waals surface area contributed by atoms with Crippen LogP contribution < -0.4 is 0 Å². The van der Waals surface area contributed by atoms with Gasteiger partial charge in [-0.15, -0.1) is 0 Å². The highest BCUT2D eigenvalue weighted by molar-refractivity contribution is 5.76. The van der Waals surface area contributed by atoms with Gasteiger partial charge < -0.3 is 0 Å². The molecule has 44 heavy (non-hydrogen) atoms. The molecule has 2 N–H and O–H groups in total. The molecule has 6 heteroatoms. The van der Waals surface area contributed by atoms with Gasteiger partial charge in [0.05, 0.1) is 13.1 Å². The summed E-state index contributed by atoms with van der Waals surface area (Å²) in [5, 5.41) is 21.4. The molecule has 0 radical (unpaired) electrons. The fraction of sp³-hybridized carbons (Fsp3) is 0.947. The number of unbranched alkanes of at least 4 members (excludes halogenated alkanes) is 28. The van der Waals surface area contributed by atoms with Gasteiger partial charge in [-0.3, -0.25) is 20.0 Å². The Morgan fingerprint density at radius 1 is 0.341 bits per heavy atom. The minimum Gasteiger partial charge on any atom is -0.286 e. The van der Waals surface area contributed by atoms with E-state index >= 15 is 0 Å². The van der Waals surface area contributed by atoms with Gasteiger partial charge in [-0.1, -0.05) is 194 Å². The third kappa shape index (κ3) is 30.9. The third-order valence-corrected chi connectivity index (χ3v) is 9.09. The summed E-state index contributed by atoms with van der Waals surface area (Å²) in [6, 6.07) is 0. The fourth-order valence-corrected chi connectivity index (χ4v) is 5.99. The molecule has 0 aliphatic carbocycles. The van der Waals surface area contributed by atoms with E-state index in [1.807, 2.05) is 0 Å². The summed E-state index contributed by atoms with van der Waals surface area (Å²) in [5.41, 5.74) is 0. The zero-order chi connectivity index (χ0) is 32.4. The zero-order valence-electron chi connectivity index (χ0n) is 29.6. The molecule has 0 saturated carbocycles. The van der Waals surface area contributed by atoms with E-state index in [1.54, 1.807) is 0 Å². The third-order valence-electron chi connectivity index (χ3n) is 9.09. The van der Waals surface area contributed by atoms with Crippen molar-refractivity contribution in [3.8, 4) is 0 Å². The number of hydroxylamine groups is 4. The lowest BCUT2D eigenvalue weighted by molar-refractivity contribution is -0.181. The van der Waals surface area contributed by atoms with Gasteiger partial charge in [-0.05, 0) is 12.8 Å². The summed E-state index contributed by atoms with van der Waals surface area (Å²) >= 11 is 0. The van der Waals surface area contributed by atoms with Crippen LogP contribution in [0.15, 0.2) is 0 Å². The van der Waals surface area contributed by atoms with Crippen LogP contribution in [-0.4, -0.2) is 45.4 Å². The van der Waals surface area contributed by atoms with E-state index in [0.717, 1.165) is 38.5 Å². The molecule has 6 nitrogen and oxygen atoms in total. The van der Waals surface area contributed by atoms with Gasteiger partial charge in [0.25, 0.3) is 0 Å². The maximum absolute atomic E-state index is 12.2. The number of carbonyl (C=O) groups excluding carboxylic acids is 2. The lowest BCUT2D eigenvalue weighted by atomic mass is 10.0. The summed E-state index contributed by atoms with van der Waals surface area (Å²) in [6.07, 6.45) is 38.9. The lowest BCUT2D eigenvalue weighted by Gasteiger charge is -2.19. The Hall–Kier alpha value is -1.14. The second kappa shape index (κ2) is 34.7. The van der Waals surface area contributed by atoms with Crippen LogP contribution in [0.1, 0.15) is 219 Å². The van der Waals surface area contributed by atoms with Gasteiger partial charge >= 0.3 is 0 Å². The number of carbonyl (C=O) groups is 2. The van der Waals surface area contributed by atoms with Gasteiger partial charge in [0, 0.05) is 12.8 Å². The van der Waals surface area contributed by atoms with Crippen LogP contribution in [0.5, 0.6) is 0 Å². The Labute approximate surface area is 274 Å². The predicted molar refractivity (Wildman–Crippen MR) is 186 cm³/mol. The van der Waals surface area contributed by atoms with E-state index in [-0.39, 0.29) is 24.9 Å². The van der Waals surface area contributed by atoms with E-state index in [4.69, 9.17) is 0 Å². The first kappa shape index (κ1) is 42.9. The van der Waals surface area contributed by atoms with E-state index in [1.165, 1.54) is 154 Å². The van der Waals surface area contributed by atoms with Crippen molar-refractivity contribution in [3.05, 3.63) is 0 Å². The first-order valence-electron chi connectivity index (χ1n) is 19.5. The van der Waals surface area contributed by atoms with Crippen molar-refractivity contribution in [2.45, 2.75) is 219 Å². The molecule has 0 unspecified atom stereocenters. The maximum atomic E-state index is 12.2. The molecular formula is C38H76N2O4. The van der Waals surface area contributed by atoms with Crippen LogP contribution in [-0.2, 0) is 9.59 Å². The van der Waals surface area contributed by atoms with Crippen LogP contribution in [0, 0.1) is 0 Å². The van der Waals surface area contributed by atoms with E-state index in [9.17, 15) is 20.0 Å². The molecule has 0 saturated heterocycles. The maximum Gasteiger partial charge on any atom is 0.245 e. The van der Waals surface area contributed by atoms with E-state index in [0.29, 0.717) is 23.0 Å². The first-order chi connectivity index (χ1) is 21.5. The summed E-state index contributed by atoms with van der Waals surface area (Å²) in [5.74, 6) is -0.661. The monoisotopic (exact) mass is 625 g/mol. The van der Waals surface area contributed by atoms with E-state index < -0.39 is 0 Å². The van der Waals surface area contributed by atoms with Crippen molar-refractivity contribution in [2.24, 2.45) is 0 Å². The van der Waals surface area contributed by atoms with Crippen molar-refractivity contribution in [1.82, 2.24) is 10.1 Å². The fourth-order valence-electron chi connectivity index (χ4n) is 5.99. The molecule has 0 atom stereocenters. The molecule has 2 amide bonds. The smallest absolute Gasteiger partial charge is 0.245 e. The molecule has 0 aromatic heterocycles. The molecule has 0 rings (SSSR count). The highest BCUT2D eigenvalue weighted by atomic mass is 16.5. The van der Waals surface area contributed by atoms with Crippen molar-refractivity contribution < 1.29 is 20.0 Å². The van der Waals surface area contributed by atoms with Crippen LogP contribution in [0.3, 0.4) is 0 Å². The van der Waals surface area contributed by atoms with Gasteiger partial charge in [0.15, 0.2) is 0 Å². The second-order valence-electron chi connectivity index (χ2n) is 13.4. The Morgan fingerprint density at radius 2 is 0.523 bits per heavy atom. The quantitative estimate of drug-likeness (QED) is 0.0417. The summed E-state index contributed by atoms with van der Waals surface area (Å²) in [4.78, 5) is 24.4. The molecule has 0 aliphatic rings. The molecule has 0 aromatic rings. The molecule has 0 aliphatic heterocycles. The molecule has 0 heterocycles. The number of rotatable bonds is 35. The SMILES string of the molecule is CCCCCCCCCCCCCCCCCC(=O)N(O)CCN(O)C(=O)CCCCCCCCCCCCCCCCC. The van der Waals surface area contributed by atoms with Gasteiger partial charge in [-0.2, -0.15) is 0 Å². The number of hydrogen-bond donors (Lipinski definition) is 2. The van der Waals surface area contributed by atoms with Crippen LogP contribution in [0.25, 0.3) is 0 Å². The minimum absolute atomic E-state index is 0.0569. The van der Waals surface area contributed by atoms with Crippen molar-refractivity contribution >= 4 is 11.8 Å². The molecule has 0 bridgehead atoms. The van der Waals surface area contributed by atoms with Crippen LogP contribution in [0.2, 0.25) is 0 Å². The van der Waals surface area contributed by atoms with Crippen molar-refractivity contribution in [3.63, 3.8) is 0 Å². The standard InChI is InChI=1S/C38H76N2O4/c1-3-5-7-9-11-13-15-17-19-21-23-25-27-29-31-33-37(41)39(43)35-36-40(44)38(42)34-32-30-28-26-24-22-20-18-16-14-12-10-8-6-4-2/h43-44H,3-36H2,1-2H3. The van der Waals surface area contributed by atoms with Crippen molar-refractivity contribution in [1.29, 1.82) is 0 Å². The Kier molecular flexibility index (Phi) is 33.8. The molecule has 0 spiro atoms. The lowest BCUT2D eigenvalue weighted by Crippen LogP contribution is -2.37. The van der Waals surface area contributed by atoms with Crippen LogP contribution >= 0.6 is 0 Å². The van der Waals surface area contributed by atoms with E-state index in [2.05, 4.69) is 13.8 Å². The number of amides is 2. The topological polar surface area (TPSA) is 81.1 Å². The Balaban J connectivity index is 3.51. The average Bonchev–Trinajstić information content (AvgIpc) is 3.03. The molecule has 0 fully saturated rings.